The lowest BCUT2D eigenvalue weighted by molar-refractivity contribution is -0.134. The van der Waals surface area contributed by atoms with Crippen LogP contribution in [0.2, 0.25) is 0 Å². The van der Waals surface area contributed by atoms with Crippen LogP contribution < -0.4 is 20.9 Å². The van der Waals surface area contributed by atoms with E-state index in [1.165, 1.54) is 16.2 Å². The van der Waals surface area contributed by atoms with E-state index in [0.717, 1.165) is 57.5 Å². The zero-order valence-corrected chi connectivity index (χ0v) is 29.0. The molecule has 3 saturated heterocycles. The zero-order chi connectivity index (χ0) is 35.6. The number of halogens is 1. The summed E-state index contributed by atoms with van der Waals surface area (Å²) in [6.45, 7) is 3.40. The van der Waals surface area contributed by atoms with Gasteiger partial charge >= 0.3 is 0 Å². The van der Waals surface area contributed by atoms with E-state index in [1.807, 2.05) is 23.1 Å². The van der Waals surface area contributed by atoms with Crippen molar-refractivity contribution in [3.8, 4) is 16.9 Å². The summed E-state index contributed by atoms with van der Waals surface area (Å²) in [6.07, 6.45) is 8.17. The van der Waals surface area contributed by atoms with E-state index < -0.39 is 6.04 Å². The maximum atomic E-state index is 15.7. The summed E-state index contributed by atoms with van der Waals surface area (Å²) in [6, 6.07) is 11.1. The van der Waals surface area contributed by atoms with Crippen molar-refractivity contribution in [2.75, 3.05) is 45.2 Å². The van der Waals surface area contributed by atoms with Gasteiger partial charge in [-0.3, -0.25) is 34.5 Å². The predicted molar refractivity (Wildman–Crippen MR) is 191 cm³/mol. The van der Waals surface area contributed by atoms with Crippen LogP contribution in [0.5, 0.6) is 5.75 Å². The monoisotopic (exact) mass is 697 g/mol. The Hall–Kier alpha value is -5.04. The predicted octanol–water partition coefficient (Wildman–Crippen LogP) is 3.95. The van der Waals surface area contributed by atoms with Gasteiger partial charge in [0, 0.05) is 55.0 Å². The Balaban J connectivity index is 0.886. The van der Waals surface area contributed by atoms with Gasteiger partial charge in [0.25, 0.3) is 5.56 Å². The van der Waals surface area contributed by atoms with Crippen LogP contribution in [-0.2, 0) is 27.9 Å². The smallest absolute Gasteiger partial charge is 0.276 e. The van der Waals surface area contributed by atoms with Gasteiger partial charge < -0.3 is 19.5 Å². The van der Waals surface area contributed by atoms with Crippen molar-refractivity contribution in [2.24, 2.45) is 13.0 Å². The number of pyridine rings is 1. The minimum Gasteiger partial charge on any atom is -0.496 e. The molecule has 4 aromatic rings. The number of aryl methyl sites for hydroxylation is 1. The lowest BCUT2D eigenvalue weighted by Crippen LogP contribution is -2.47. The highest BCUT2D eigenvalue weighted by Gasteiger charge is 2.29. The van der Waals surface area contributed by atoms with Crippen LogP contribution in [0.15, 0.2) is 53.6 Å². The van der Waals surface area contributed by atoms with E-state index in [1.54, 1.807) is 26.6 Å². The van der Waals surface area contributed by atoms with Crippen LogP contribution in [0.25, 0.3) is 22.0 Å². The average molecular weight is 698 g/mol. The number of nitrogens with one attached hydrogen (secondary N) is 3. The molecule has 0 bridgehead atoms. The highest BCUT2D eigenvalue weighted by atomic mass is 19.1. The molecule has 268 valence electrons. The molecule has 0 spiro atoms. The van der Waals surface area contributed by atoms with Gasteiger partial charge in [0.1, 0.15) is 23.1 Å². The second kappa shape index (κ2) is 14.7. The van der Waals surface area contributed by atoms with Crippen LogP contribution in [-0.4, -0.2) is 88.2 Å². The molecule has 1 atom stereocenters. The number of likely N-dealkylation sites (tertiary alicyclic amines) is 2. The Kier molecular flexibility index (Phi) is 9.90. The molecular formula is C38H44FN7O5. The Morgan fingerprint density at radius 3 is 2.47 bits per heavy atom. The SMILES string of the molecule is COc1cc(-c2cn(C)c(=O)c3[nH]ncc23)cc(F)c1CC1CCN(CC(=O)N2CCC(c3ccc(NC4CCC(=O)NC4=O)cc3)CC2)CC1. The van der Waals surface area contributed by atoms with Gasteiger partial charge in [0.2, 0.25) is 17.7 Å². The van der Waals surface area contributed by atoms with Crippen LogP contribution in [0, 0.1) is 11.7 Å². The molecule has 51 heavy (non-hydrogen) atoms. The number of rotatable bonds is 9. The van der Waals surface area contributed by atoms with Crippen molar-refractivity contribution >= 4 is 34.3 Å². The lowest BCUT2D eigenvalue weighted by Gasteiger charge is -2.36. The fraction of sp³-hybridized carbons (Fsp3) is 0.447. The summed E-state index contributed by atoms with van der Waals surface area (Å²) in [4.78, 5) is 53.4. The Labute approximate surface area is 295 Å². The third-order valence-corrected chi connectivity index (χ3v) is 10.8. The normalized spacial score (nSPS) is 19.4. The van der Waals surface area contributed by atoms with E-state index >= 15 is 4.39 Å². The highest BCUT2D eigenvalue weighted by Crippen LogP contribution is 2.35. The maximum absolute atomic E-state index is 15.7. The van der Waals surface area contributed by atoms with Crippen molar-refractivity contribution in [3.63, 3.8) is 0 Å². The van der Waals surface area contributed by atoms with Gasteiger partial charge in [0.15, 0.2) is 0 Å². The molecule has 3 amide bonds. The second-order valence-electron chi connectivity index (χ2n) is 14.1. The van der Waals surface area contributed by atoms with Crippen molar-refractivity contribution in [1.29, 1.82) is 0 Å². The third-order valence-electron chi connectivity index (χ3n) is 10.8. The van der Waals surface area contributed by atoms with Gasteiger partial charge in [-0.25, -0.2) is 4.39 Å². The molecule has 2 aromatic heterocycles. The minimum absolute atomic E-state index is 0.157. The fourth-order valence-electron chi connectivity index (χ4n) is 7.80. The molecule has 5 heterocycles. The first-order chi connectivity index (χ1) is 24.7. The number of carbonyl (C=O) groups is 3. The molecular weight excluding hydrogens is 653 g/mol. The number of carbonyl (C=O) groups excluding carboxylic acids is 3. The quantitative estimate of drug-likeness (QED) is 0.224. The van der Waals surface area contributed by atoms with Gasteiger partial charge in [-0.05, 0) is 98.8 Å². The number of fused-ring (bicyclic) bond motifs is 1. The number of amides is 3. The number of benzene rings is 2. The molecule has 7 rings (SSSR count). The van der Waals surface area contributed by atoms with Crippen molar-refractivity contribution < 1.29 is 23.5 Å². The summed E-state index contributed by atoms with van der Waals surface area (Å²) in [7, 11) is 3.21. The van der Waals surface area contributed by atoms with Crippen molar-refractivity contribution in [3.05, 3.63) is 76.1 Å². The molecule has 13 heteroatoms. The topological polar surface area (TPSA) is 142 Å². The maximum Gasteiger partial charge on any atom is 0.276 e. The molecule has 0 radical (unpaired) electrons. The number of hydrogen-bond donors (Lipinski definition) is 3. The third kappa shape index (κ3) is 7.39. The summed E-state index contributed by atoms with van der Waals surface area (Å²) in [5.74, 6) is 0.428. The number of nitrogens with zero attached hydrogens (tertiary/aromatic N) is 4. The van der Waals surface area contributed by atoms with E-state index in [9.17, 15) is 19.2 Å². The van der Waals surface area contributed by atoms with Crippen LogP contribution in [0.3, 0.4) is 0 Å². The standard InChI is InChI=1S/C38H44FN7O5/c1-44-21-30(29-20-40-43-36(29)38(44)50)26-18-31(39)28(33(19-26)51-2)17-23-9-13-45(14-10-23)22-35(48)46-15-11-25(12-16-46)24-3-5-27(6-4-24)41-32-7-8-34(47)42-37(32)49/h3-6,18-21,23,25,32,41H,7-17,22H2,1-2H3,(H,40,43)(H,42,47,49). The number of aromatic amines is 1. The summed E-state index contributed by atoms with van der Waals surface area (Å²) in [5, 5.41) is 13.0. The molecule has 3 fully saturated rings. The summed E-state index contributed by atoms with van der Waals surface area (Å²) in [5.41, 5.74) is 4.11. The van der Waals surface area contributed by atoms with Gasteiger partial charge in [0.05, 0.1) is 19.9 Å². The first kappa shape index (κ1) is 34.4. The van der Waals surface area contributed by atoms with Crippen LogP contribution in [0.4, 0.5) is 10.1 Å². The molecule has 3 N–H and O–H groups in total. The number of hydrogen-bond acceptors (Lipinski definition) is 8. The molecule has 0 aliphatic carbocycles. The Morgan fingerprint density at radius 2 is 1.76 bits per heavy atom. The average Bonchev–Trinajstić information content (AvgIpc) is 3.63. The molecule has 1 unspecified atom stereocenters. The molecule has 3 aliphatic rings. The Bertz CT molecular complexity index is 1990. The number of aromatic nitrogens is 3. The largest absolute Gasteiger partial charge is 0.496 e. The number of imide groups is 1. The minimum atomic E-state index is -0.409. The number of piperidine rings is 3. The summed E-state index contributed by atoms with van der Waals surface area (Å²) < 4.78 is 22.8. The molecule has 3 aliphatic heterocycles. The lowest BCUT2D eigenvalue weighted by atomic mass is 9.88. The first-order valence-corrected chi connectivity index (χ1v) is 17.8. The van der Waals surface area contributed by atoms with Gasteiger partial charge in [-0.15, -0.1) is 0 Å². The van der Waals surface area contributed by atoms with E-state index in [-0.39, 0.29) is 35.0 Å². The Morgan fingerprint density at radius 1 is 1.02 bits per heavy atom. The second-order valence-corrected chi connectivity index (χ2v) is 14.1. The van der Waals surface area contributed by atoms with E-state index in [2.05, 4.69) is 37.9 Å². The number of anilines is 1. The van der Waals surface area contributed by atoms with Crippen LogP contribution in [0.1, 0.15) is 55.6 Å². The van der Waals surface area contributed by atoms with Crippen molar-refractivity contribution in [1.82, 2.24) is 29.9 Å². The number of H-pyrrole nitrogens is 1. The van der Waals surface area contributed by atoms with E-state index in [4.69, 9.17) is 4.74 Å². The molecule has 2 aromatic carbocycles. The highest BCUT2D eigenvalue weighted by molar-refractivity contribution is 6.01. The molecule has 0 saturated carbocycles. The zero-order valence-electron chi connectivity index (χ0n) is 29.0. The number of methoxy groups -OCH3 is 1. The van der Waals surface area contributed by atoms with Gasteiger partial charge in [-0.1, -0.05) is 12.1 Å². The van der Waals surface area contributed by atoms with E-state index in [0.29, 0.717) is 65.1 Å². The van der Waals surface area contributed by atoms with Crippen LogP contribution >= 0.6 is 0 Å². The van der Waals surface area contributed by atoms with Gasteiger partial charge in [-0.2, -0.15) is 5.10 Å². The fourth-order valence-corrected chi connectivity index (χ4v) is 7.80. The number of ether oxygens (including phenoxy) is 1. The van der Waals surface area contributed by atoms with Crippen molar-refractivity contribution in [2.45, 2.75) is 56.9 Å². The summed E-state index contributed by atoms with van der Waals surface area (Å²) >= 11 is 0. The molecule has 12 nitrogen and oxygen atoms in total. The first-order valence-electron chi connectivity index (χ1n) is 17.8.